The Morgan fingerprint density at radius 2 is 1.50 bits per heavy atom. The standard InChI is InChI=1S/C5H9Si/c1-5-6(2,3)4/h2-4H3. The largest absolute Gasteiger partial charge is 0.130 e. The van der Waals surface area contributed by atoms with Crippen LogP contribution in [0.2, 0.25) is 19.6 Å². The van der Waals surface area contributed by atoms with Crippen LogP contribution in [0.4, 0.5) is 0 Å². The van der Waals surface area contributed by atoms with Crippen LogP contribution in [0.1, 0.15) is 0 Å². The molecule has 0 N–H and O–H groups in total. The average molecular weight is 97.2 g/mol. The van der Waals surface area contributed by atoms with Crippen molar-refractivity contribution in [1.29, 1.82) is 0 Å². The third kappa shape index (κ3) is 3.78. The topological polar surface area (TPSA) is 0 Å². The molecule has 6 heavy (non-hydrogen) atoms. The Morgan fingerprint density at radius 3 is 1.50 bits per heavy atom. The third-order valence-corrected chi connectivity index (χ3v) is 1.12. The highest BCUT2D eigenvalue weighted by Crippen LogP contribution is 1.94. The van der Waals surface area contributed by atoms with Crippen molar-refractivity contribution >= 4 is 8.07 Å². The van der Waals surface area contributed by atoms with Crippen LogP contribution in [0.5, 0.6) is 0 Å². The van der Waals surface area contributed by atoms with Crippen molar-refractivity contribution in [1.82, 2.24) is 0 Å². The summed E-state index contributed by atoms with van der Waals surface area (Å²) in [6.07, 6.45) is 6.67. The molecule has 0 aromatic carbocycles. The second-order valence-electron chi connectivity index (χ2n) is 2.38. The lowest BCUT2D eigenvalue weighted by atomic mass is 11.4. The quantitative estimate of drug-likeness (QED) is 0.317. The van der Waals surface area contributed by atoms with Crippen molar-refractivity contribution in [3.8, 4) is 5.54 Å². The zero-order valence-corrected chi connectivity index (χ0v) is 5.50. The van der Waals surface area contributed by atoms with E-state index in [2.05, 4.69) is 25.2 Å². The molecule has 0 aliphatic heterocycles. The monoisotopic (exact) mass is 97.0 g/mol. The van der Waals surface area contributed by atoms with E-state index in [4.69, 9.17) is 6.42 Å². The van der Waals surface area contributed by atoms with Crippen LogP contribution in [0.25, 0.3) is 0 Å². The molecular weight excluding hydrogens is 88.1 g/mol. The Kier molecular flexibility index (Phi) is 1.43. The molecule has 1 heteroatoms. The Morgan fingerprint density at radius 1 is 1.33 bits per heavy atom. The van der Waals surface area contributed by atoms with Crippen molar-refractivity contribution in [3.05, 3.63) is 6.42 Å². The highest BCUT2D eigenvalue weighted by molar-refractivity contribution is 6.83. The predicted octanol–water partition coefficient (Wildman–Crippen LogP) is 1.45. The zero-order chi connectivity index (χ0) is 5.21. The summed E-state index contributed by atoms with van der Waals surface area (Å²) < 4.78 is 0. The van der Waals surface area contributed by atoms with Gasteiger partial charge in [0.2, 0.25) is 0 Å². The second-order valence-corrected chi connectivity index (χ2v) is 7.12. The summed E-state index contributed by atoms with van der Waals surface area (Å²) in [6.45, 7) is 6.25. The smallest absolute Gasteiger partial charge is 0.118 e. The first-order valence-corrected chi connectivity index (χ1v) is 5.50. The van der Waals surface area contributed by atoms with E-state index in [-0.39, 0.29) is 0 Å². The summed E-state index contributed by atoms with van der Waals surface area (Å²) >= 11 is 0. The van der Waals surface area contributed by atoms with Crippen molar-refractivity contribution < 1.29 is 0 Å². The predicted molar refractivity (Wildman–Crippen MR) is 30.5 cm³/mol. The van der Waals surface area contributed by atoms with Gasteiger partial charge in [-0.15, -0.1) is 5.54 Å². The van der Waals surface area contributed by atoms with Crippen LogP contribution in [0.3, 0.4) is 0 Å². The van der Waals surface area contributed by atoms with Crippen LogP contribution in [-0.2, 0) is 0 Å². The minimum atomic E-state index is -1.21. The van der Waals surface area contributed by atoms with E-state index in [9.17, 15) is 0 Å². The number of rotatable bonds is 0. The summed E-state index contributed by atoms with van der Waals surface area (Å²) in [5, 5.41) is 0. The molecule has 0 aromatic rings. The Labute approximate surface area is 40.6 Å². The molecule has 0 heterocycles. The molecule has 0 fully saturated rings. The molecule has 0 saturated heterocycles. The van der Waals surface area contributed by atoms with E-state index in [0.717, 1.165) is 0 Å². The maximum atomic E-state index is 6.67. The Hall–Kier alpha value is -0.223. The van der Waals surface area contributed by atoms with E-state index in [1.807, 2.05) is 0 Å². The average Bonchev–Trinajstić information content (AvgIpc) is 1.35. The molecule has 0 spiro atoms. The molecule has 33 valence electrons. The second kappa shape index (κ2) is 1.48. The van der Waals surface area contributed by atoms with Gasteiger partial charge in [0, 0.05) is 0 Å². The Bertz CT molecular complexity index is 70.9. The van der Waals surface area contributed by atoms with Gasteiger partial charge in [-0.25, -0.2) is 0 Å². The van der Waals surface area contributed by atoms with Gasteiger partial charge in [0.25, 0.3) is 0 Å². The van der Waals surface area contributed by atoms with Gasteiger partial charge in [0.15, 0.2) is 0 Å². The first-order valence-electron chi connectivity index (χ1n) is 2.00. The summed E-state index contributed by atoms with van der Waals surface area (Å²) in [5.74, 6) is 0. The summed E-state index contributed by atoms with van der Waals surface area (Å²) in [5.41, 5.74) is 2.49. The van der Waals surface area contributed by atoms with Gasteiger partial charge in [-0.3, -0.25) is 0 Å². The fourth-order valence-electron chi connectivity index (χ4n) is 0. The highest BCUT2D eigenvalue weighted by Gasteiger charge is 2.05. The molecule has 0 aliphatic rings. The first-order chi connectivity index (χ1) is 2.56. The van der Waals surface area contributed by atoms with Gasteiger partial charge in [0.1, 0.15) is 8.07 Å². The SMILES string of the molecule is [C]#C[Si](C)(C)C. The maximum Gasteiger partial charge on any atom is 0.130 e. The van der Waals surface area contributed by atoms with Gasteiger partial charge in [-0.05, 0) is 6.42 Å². The van der Waals surface area contributed by atoms with E-state index in [0.29, 0.717) is 0 Å². The first kappa shape index (κ1) is 5.78. The molecule has 0 rings (SSSR count). The lowest BCUT2D eigenvalue weighted by molar-refractivity contribution is 1.81. The van der Waals surface area contributed by atoms with E-state index >= 15 is 0 Å². The van der Waals surface area contributed by atoms with Crippen LogP contribution in [0, 0.1) is 12.0 Å². The lowest BCUT2D eigenvalue weighted by Crippen LogP contribution is -2.15. The normalized spacial score (nSPS) is 10.3. The molecule has 0 amide bonds. The van der Waals surface area contributed by atoms with E-state index in [1.165, 1.54) is 0 Å². The van der Waals surface area contributed by atoms with Gasteiger partial charge in [-0.2, -0.15) is 0 Å². The van der Waals surface area contributed by atoms with Crippen LogP contribution in [0.15, 0.2) is 0 Å². The molecule has 0 bridgehead atoms. The van der Waals surface area contributed by atoms with Gasteiger partial charge in [-0.1, -0.05) is 19.6 Å². The van der Waals surface area contributed by atoms with Gasteiger partial charge in [0.05, 0.1) is 0 Å². The van der Waals surface area contributed by atoms with Crippen molar-refractivity contribution in [3.63, 3.8) is 0 Å². The fourth-order valence-corrected chi connectivity index (χ4v) is 0. The Balaban J connectivity index is 3.55. The number of hydrogen-bond donors (Lipinski definition) is 0. The molecule has 0 aliphatic carbocycles. The minimum Gasteiger partial charge on any atom is -0.118 e. The van der Waals surface area contributed by atoms with Gasteiger partial charge >= 0.3 is 0 Å². The van der Waals surface area contributed by atoms with E-state index in [1.54, 1.807) is 0 Å². The molecular formula is C5H9Si. The summed E-state index contributed by atoms with van der Waals surface area (Å²) in [4.78, 5) is 0. The van der Waals surface area contributed by atoms with E-state index < -0.39 is 8.07 Å². The van der Waals surface area contributed by atoms with Crippen molar-refractivity contribution in [2.75, 3.05) is 0 Å². The maximum absolute atomic E-state index is 6.67. The highest BCUT2D eigenvalue weighted by atomic mass is 28.3. The number of hydrogen-bond acceptors (Lipinski definition) is 0. The molecule has 0 saturated carbocycles. The molecule has 0 nitrogen and oxygen atoms in total. The summed E-state index contributed by atoms with van der Waals surface area (Å²) in [6, 6.07) is 0. The van der Waals surface area contributed by atoms with Gasteiger partial charge < -0.3 is 0 Å². The van der Waals surface area contributed by atoms with Crippen LogP contribution >= 0.6 is 0 Å². The van der Waals surface area contributed by atoms with Crippen LogP contribution in [-0.4, -0.2) is 8.07 Å². The molecule has 0 unspecified atom stereocenters. The van der Waals surface area contributed by atoms with Crippen molar-refractivity contribution in [2.45, 2.75) is 19.6 Å². The molecule has 0 atom stereocenters. The van der Waals surface area contributed by atoms with Crippen LogP contribution < -0.4 is 0 Å². The minimum absolute atomic E-state index is 1.21. The molecule has 0 aromatic heterocycles. The molecule has 1 radical (unpaired) electrons. The third-order valence-electron chi connectivity index (χ3n) is 0.375. The van der Waals surface area contributed by atoms with Crippen molar-refractivity contribution in [2.24, 2.45) is 0 Å². The summed E-state index contributed by atoms with van der Waals surface area (Å²) in [7, 11) is -1.21. The lowest BCUT2D eigenvalue weighted by Gasteiger charge is -2.00. The fraction of sp³-hybridized carbons (Fsp3) is 0.600. The zero-order valence-electron chi connectivity index (χ0n) is 4.50.